The third-order valence-corrected chi connectivity index (χ3v) is 5.17. The Morgan fingerprint density at radius 2 is 1.86 bits per heavy atom. The lowest BCUT2D eigenvalue weighted by atomic mass is 10.2. The van der Waals surface area contributed by atoms with Crippen molar-refractivity contribution in [3.8, 4) is 17.8 Å². The maximum Gasteiger partial charge on any atom is 0.259 e. The Bertz CT molecular complexity index is 1740. The van der Waals surface area contributed by atoms with Crippen molar-refractivity contribution in [2.24, 2.45) is 10.2 Å². The number of carbonyl (C=O) groups is 1. The molecule has 0 radical (unpaired) electrons. The molecule has 2 aromatic carbocycles. The van der Waals surface area contributed by atoms with E-state index in [-0.39, 0.29) is 34.6 Å². The fourth-order valence-electron chi connectivity index (χ4n) is 3.42. The summed E-state index contributed by atoms with van der Waals surface area (Å²) in [6.45, 7) is 0. The molecule has 3 aromatic heterocycles. The molecule has 0 aliphatic rings. The smallest absolute Gasteiger partial charge is 0.259 e. The van der Waals surface area contributed by atoms with E-state index >= 15 is 0 Å². The summed E-state index contributed by atoms with van der Waals surface area (Å²) in [5.41, 5.74) is 0.0427. The molecule has 3 heterocycles. The number of aromatic nitrogens is 6. The Morgan fingerprint density at radius 1 is 1.11 bits per heavy atom. The molecule has 1 amide bonds. The van der Waals surface area contributed by atoms with Gasteiger partial charge in [-0.25, -0.2) is 15.0 Å². The van der Waals surface area contributed by atoms with E-state index in [0.717, 1.165) is 0 Å². The van der Waals surface area contributed by atoms with Gasteiger partial charge in [-0.1, -0.05) is 24.3 Å². The van der Waals surface area contributed by atoms with Crippen molar-refractivity contribution >= 4 is 28.3 Å². The molecule has 13 nitrogen and oxygen atoms in total. The van der Waals surface area contributed by atoms with Gasteiger partial charge in [0.05, 0.1) is 22.8 Å². The van der Waals surface area contributed by atoms with Crippen molar-refractivity contribution in [2.45, 2.75) is 6.04 Å². The Hall–Kier alpha value is -5.77. The highest BCUT2D eigenvalue weighted by atomic mass is 16.3. The molecule has 180 valence electrons. The van der Waals surface area contributed by atoms with Crippen molar-refractivity contribution < 1.29 is 9.90 Å². The Morgan fingerprint density at radius 3 is 2.65 bits per heavy atom. The number of phenols is 1. The van der Waals surface area contributed by atoms with Crippen LogP contribution >= 0.6 is 0 Å². The van der Waals surface area contributed by atoms with E-state index in [2.05, 4.69) is 40.6 Å². The van der Waals surface area contributed by atoms with E-state index in [1.165, 1.54) is 35.4 Å². The molecule has 1 unspecified atom stereocenters. The largest absolute Gasteiger partial charge is 0.506 e. The fraction of sp³-hybridized carbons (Fsp3) is 0.0417. The number of aromatic hydroxyl groups is 1. The monoisotopic (exact) mass is 492 g/mol. The first-order valence-electron chi connectivity index (χ1n) is 10.8. The van der Waals surface area contributed by atoms with Crippen LogP contribution in [0.25, 0.3) is 16.9 Å². The molecule has 0 bridgehead atoms. The Labute approximate surface area is 207 Å². The number of amides is 1. The van der Waals surface area contributed by atoms with Gasteiger partial charge in [-0.15, -0.1) is 5.11 Å². The number of nitriles is 1. The van der Waals surface area contributed by atoms with Gasteiger partial charge < -0.3 is 15.4 Å². The summed E-state index contributed by atoms with van der Waals surface area (Å²) in [4.78, 5) is 41.2. The lowest BCUT2D eigenvalue weighted by Gasteiger charge is -2.13. The molecule has 5 rings (SSSR count). The Balaban J connectivity index is 1.61. The number of azo groups is 1. The second kappa shape index (κ2) is 9.84. The van der Waals surface area contributed by atoms with Crippen molar-refractivity contribution in [1.82, 2.24) is 29.7 Å². The molecule has 13 heteroatoms. The SMILES string of the molecule is N#Cc1cnn(-c2ncccn2)c1N=NC(C(=O)Nc1ccccc1O)c1nc2ccccc2c(=O)[nH]1. The van der Waals surface area contributed by atoms with Crippen molar-refractivity contribution in [1.29, 1.82) is 5.26 Å². The molecule has 0 aliphatic heterocycles. The summed E-state index contributed by atoms with van der Waals surface area (Å²) in [6, 6.07) is 14.8. The number of hydrogen-bond acceptors (Lipinski definition) is 10. The quantitative estimate of drug-likeness (QED) is 0.238. The number of phenolic OH excluding ortho intramolecular Hbond substituents is 1. The zero-order chi connectivity index (χ0) is 25.8. The van der Waals surface area contributed by atoms with Crippen LogP contribution in [-0.2, 0) is 4.79 Å². The molecule has 0 aliphatic carbocycles. The molecule has 0 fully saturated rings. The lowest BCUT2D eigenvalue weighted by Crippen LogP contribution is -2.24. The number of anilines is 1. The summed E-state index contributed by atoms with van der Waals surface area (Å²) >= 11 is 0. The van der Waals surface area contributed by atoms with E-state index in [4.69, 9.17) is 0 Å². The number of carbonyl (C=O) groups excluding carboxylic acids is 1. The van der Waals surface area contributed by atoms with Crippen molar-refractivity contribution in [2.75, 3.05) is 5.32 Å². The minimum absolute atomic E-state index is 0.0304. The molecular formula is C24H16N10O3. The highest BCUT2D eigenvalue weighted by molar-refractivity contribution is 5.96. The molecule has 0 spiro atoms. The van der Waals surface area contributed by atoms with E-state index in [1.807, 2.05) is 6.07 Å². The van der Waals surface area contributed by atoms with Crippen LogP contribution < -0.4 is 10.9 Å². The summed E-state index contributed by atoms with van der Waals surface area (Å²) < 4.78 is 1.19. The lowest BCUT2D eigenvalue weighted by molar-refractivity contribution is -0.117. The normalized spacial score (nSPS) is 11.9. The van der Waals surface area contributed by atoms with Gasteiger partial charge in [0, 0.05) is 12.4 Å². The minimum Gasteiger partial charge on any atom is -0.506 e. The van der Waals surface area contributed by atoms with Crippen LogP contribution in [0.2, 0.25) is 0 Å². The fourth-order valence-corrected chi connectivity index (χ4v) is 3.42. The number of H-pyrrole nitrogens is 1. The first-order valence-corrected chi connectivity index (χ1v) is 10.8. The molecular weight excluding hydrogens is 476 g/mol. The number of fused-ring (bicyclic) bond motifs is 1. The summed E-state index contributed by atoms with van der Waals surface area (Å²) in [6.07, 6.45) is 4.24. The zero-order valence-corrected chi connectivity index (χ0v) is 18.8. The number of nitrogens with one attached hydrogen (secondary N) is 2. The van der Waals surface area contributed by atoms with Gasteiger partial charge in [0.2, 0.25) is 6.04 Å². The van der Waals surface area contributed by atoms with E-state index in [0.29, 0.717) is 10.9 Å². The van der Waals surface area contributed by atoms with Crippen molar-refractivity contribution in [3.63, 3.8) is 0 Å². The average molecular weight is 492 g/mol. The van der Waals surface area contributed by atoms with Crippen LogP contribution in [0.5, 0.6) is 5.75 Å². The number of benzene rings is 2. The zero-order valence-electron chi connectivity index (χ0n) is 18.8. The van der Waals surface area contributed by atoms with Gasteiger partial charge in [-0.3, -0.25) is 9.59 Å². The van der Waals surface area contributed by atoms with Crippen LogP contribution in [0, 0.1) is 11.3 Å². The standard InChI is InChI=1S/C24H16N10O3/c25-12-14-13-28-34(24-26-10-5-11-27-24)21(14)33-32-19(23(37)30-17-8-3-4-9-18(17)35)20-29-16-7-2-1-6-15(16)22(36)31-20/h1-11,13,19,35H,(H,30,37)(H,29,31,36). The minimum atomic E-state index is -1.47. The number of nitrogens with zero attached hydrogens (tertiary/aromatic N) is 8. The maximum atomic E-state index is 13.3. The van der Waals surface area contributed by atoms with E-state index in [9.17, 15) is 20.0 Å². The second-order valence-electron chi connectivity index (χ2n) is 7.55. The van der Waals surface area contributed by atoms with Gasteiger partial charge in [0.15, 0.2) is 5.82 Å². The number of aromatic amines is 1. The molecule has 3 N–H and O–H groups in total. The first kappa shape index (κ1) is 23.0. The predicted octanol–water partition coefficient (Wildman–Crippen LogP) is 2.94. The van der Waals surface area contributed by atoms with Gasteiger partial charge in [0.25, 0.3) is 17.4 Å². The average Bonchev–Trinajstić information content (AvgIpc) is 3.33. The summed E-state index contributed by atoms with van der Waals surface area (Å²) in [5, 5.41) is 34.9. The van der Waals surface area contributed by atoms with Gasteiger partial charge in [0.1, 0.15) is 23.2 Å². The molecule has 5 aromatic rings. The van der Waals surface area contributed by atoms with Gasteiger partial charge >= 0.3 is 0 Å². The van der Waals surface area contributed by atoms with Crippen molar-refractivity contribution in [3.05, 3.63) is 94.9 Å². The highest BCUT2D eigenvalue weighted by Gasteiger charge is 2.26. The van der Waals surface area contributed by atoms with Crippen LogP contribution in [0.1, 0.15) is 17.4 Å². The topological polar surface area (TPSA) is 187 Å². The van der Waals surface area contributed by atoms with Crippen LogP contribution in [0.3, 0.4) is 0 Å². The second-order valence-corrected chi connectivity index (χ2v) is 7.55. The first-order chi connectivity index (χ1) is 18.0. The summed E-state index contributed by atoms with van der Waals surface area (Å²) in [7, 11) is 0. The van der Waals surface area contributed by atoms with E-state index < -0.39 is 17.5 Å². The third-order valence-electron chi connectivity index (χ3n) is 5.17. The van der Waals surface area contributed by atoms with Gasteiger partial charge in [-0.05, 0) is 30.3 Å². The third kappa shape index (κ3) is 4.62. The maximum absolute atomic E-state index is 13.3. The van der Waals surface area contributed by atoms with Crippen LogP contribution in [0.4, 0.5) is 11.5 Å². The molecule has 0 saturated carbocycles. The molecule has 37 heavy (non-hydrogen) atoms. The number of hydrogen-bond donors (Lipinski definition) is 3. The van der Waals surface area contributed by atoms with Crippen LogP contribution in [0.15, 0.2) is 88.2 Å². The molecule has 1 atom stereocenters. The van der Waals surface area contributed by atoms with E-state index in [1.54, 1.807) is 42.5 Å². The highest BCUT2D eigenvalue weighted by Crippen LogP contribution is 2.27. The van der Waals surface area contributed by atoms with Gasteiger partial charge in [-0.2, -0.15) is 20.2 Å². The number of rotatable bonds is 6. The molecule has 0 saturated heterocycles. The predicted molar refractivity (Wildman–Crippen MR) is 130 cm³/mol. The summed E-state index contributed by atoms with van der Waals surface area (Å²) in [5.74, 6) is -0.912. The number of para-hydroxylation sites is 3. The Kier molecular flexibility index (Phi) is 6.12. The van der Waals surface area contributed by atoms with Crippen LogP contribution in [-0.4, -0.2) is 40.7 Å².